The van der Waals surface area contributed by atoms with E-state index in [1.165, 1.54) is 0 Å². The van der Waals surface area contributed by atoms with Crippen LogP contribution in [0.2, 0.25) is 0 Å². The number of rotatable bonds is 1. The minimum Gasteiger partial charge on any atom is -0.508 e. The lowest BCUT2D eigenvalue weighted by atomic mass is 10.0. The van der Waals surface area contributed by atoms with Gasteiger partial charge in [0.05, 0.1) is 0 Å². The summed E-state index contributed by atoms with van der Waals surface area (Å²) in [5, 5.41) is 10.5. The molecule has 0 aliphatic heterocycles. The fourth-order valence-corrected chi connectivity index (χ4v) is 1.30. The summed E-state index contributed by atoms with van der Waals surface area (Å²) in [6, 6.07) is 5.71. The molecule has 1 aromatic rings. The van der Waals surface area contributed by atoms with Crippen LogP contribution in [0.3, 0.4) is 0 Å². The van der Waals surface area contributed by atoms with Gasteiger partial charge in [0.15, 0.2) is 0 Å². The topological polar surface area (TPSA) is 20.2 Å². The molecule has 0 spiro atoms. The summed E-state index contributed by atoms with van der Waals surface area (Å²) < 4.78 is 0. The van der Waals surface area contributed by atoms with Gasteiger partial charge in [-0.05, 0) is 22.9 Å². The molecule has 1 atom stereocenters. The second kappa shape index (κ2) is 3.23. The standard InChI is InChI=1S/C9H13OP/c1-6(2)8-4-3-7(11)5-9(8)10/h3-6,10H,11H2,1-2H3. The third-order valence-corrected chi connectivity index (χ3v) is 2.04. The molecule has 2 heteroatoms. The molecule has 0 amide bonds. The average molecular weight is 168 g/mol. The minimum absolute atomic E-state index is 0.389. The summed E-state index contributed by atoms with van der Waals surface area (Å²) in [6.07, 6.45) is 0. The van der Waals surface area contributed by atoms with Crippen LogP contribution >= 0.6 is 9.24 Å². The largest absolute Gasteiger partial charge is 0.508 e. The molecule has 11 heavy (non-hydrogen) atoms. The van der Waals surface area contributed by atoms with Crippen LogP contribution in [0, 0.1) is 0 Å². The summed E-state index contributed by atoms with van der Waals surface area (Å²) >= 11 is 0. The van der Waals surface area contributed by atoms with Gasteiger partial charge < -0.3 is 5.11 Å². The first-order valence-electron chi connectivity index (χ1n) is 3.69. The molecule has 1 unspecified atom stereocenters. The molecule has 1 aromatic carbocycles. The Hall–Kier alpha value is -0.550. The van der Waals surface area contributed by atoms with Crippen molar-refractivity contribution >= 4 is 14.5 Å². The Morgan fingerprint density at radius 1 is 1.36 bits per heavy atom. The Morgan fingerprint density at radius 2 is 2.00 bits per heavy atom. The maximum atomic E-state index is 9.45. The van der Waals surface area contributed by atoms with Crippen LogP contribution < -0.4 is 5.30 Å². The highest BCUT2D eigenvalue weighted by Gasteiger charge is 2.03. The molecule has 0 fully saturated rings. The van der Waals surface area contributed by atoms with E-state index in [9.17, 15) is 5.11 Å². The van der Waals surface area contributed by atoms with Gasteiger partial charge in [0.2, 0.25) is 0 Å². The normalized spacial score (nSPS) is 10.5. The maximum Gasteiger partial charge on any atom is 0.119 e. The van der Waals surface area contributed by atoms with E-state index >= 15 is 0 Å². The van der Waals surface area contributed by atoms with Gasteiger partial charge in [0, 0.05) is 0 Å². The lowest BCUT2D eigenvalue weighted by Crippen LogP contribution is -1.94. The van der Waals surface area contributed by atoms with E-state index in [0.717, 1.165) is 10.9 Å². The van der Waals surface area contributed by atoms with Gasteiger partial charge in [-0.25, -0.2) is 0 Å². The second-order valence-corrected chi connectivity index (χ2v) is 3.64. The Kier molecular flexibility index (Phi) is 2.51. The molecule has 0 aliphatic carbocycles. The number of hydrogen-bond acceptors (Lipinski definition) is 1. The monoisotopic (exact) mass is 168 g/mol. The Balaban J connectivity index is 3.09. The van der Waals surface area contributed by atoms with Crippen LogP contribution in [0.4, 0.5) is 0 Å². The maximum absolute atomic E-state index is 9.45. The molecule has 0 radical (unpaired) electrons. The highest BCUT2D eigenvalue weighted by atomic mass is 31.0. The van der Waals surface area contributed by atoms with Crippen molar-refractivity contribution in [2.45, 2.75) is 19.8 Å². The van der Waals surface area contributed by atoms with E-state index in [-0.39, 0.29) is 0 Å². The predicted octanol–water partition coefficient (Wildman–Crippen LogP) is 2.02. The first kappa shape index (κ1) is 8.55. The zero-order valence-corrected chi connectivity index (χ0v) is 7.99. The van der Waals surface area contributed by atoms with Crippen LogP contribution in [0.5, 0.6) is 5.75 Å². The summed E-state index contributed by atoms with van der Waals surface area (Å²) in [4.78, 5) is 0. The van der Waals surface area contributed by atoms with Gasteiger partial charge in [-0.3, -0.25) is 0 Å². The van der Waals surface area contributed by atoms with Crippen molar-refractivity contribution < 1.29 is 5.11 Å². The van der Waals surface area contributed by atoms with Crippen molar-refractivity contribution in [3.05, 3.63) is 23.8 Å². The smallest absolute Gasteiger partial charge is 0.119 e. The first-order valence-corrected chi connectivity index (χ1v) is 4.27. The fraction of sp³-hybridized carbons (Fsp3) is 0.333. The van der Waals surface area contributed by atoms with Gasteiger partial charge in [-0.1, -0.05) is 26.0 Å². The van der Waals surface area contributed by atoms with Crippen LogP contribution in [0.25, 0.3) is 0 Å². The van der Waals surface area contributed by atoms with Crippen molar-refractivity contribution in [1.29, 1.82) is 0 Å². The molecule has 0 aromatic heterocycles. The van der Waals surface area contributed by atoms with Crippen LogP contribution in [0.1, 0.15) is 25.3 Å². The van der Waals surface area contributed by atoms with E-state index in [0.29, 0.717) is 11.7 Å². The molecule has 1 nitrogen and oxygen atoms in total. The second-order valence-electron chi connectivity index (χ2n) is 2.97. The van der Waals surface area contributed by atoms with E-state index in [4.69, 9.17) is 0 Å². The molecule has 0 saturated heterocycles. The fourth-order valence-electron chi connectivity index (χ4n) is 1.05. The lowest BCUT2D eigenvalue weighted by molar-refractivity contribution is 0.465. The van der Waals surface area contributed by atoms with Gasteiger partial charge >= 0.3 is 0 Å². The average Bonchev–Trinajstić information content (AvgIpc) is 1.85. The number of aromatic hydroxyl groups is 1. The van der Waals surface area contributed by atoms with Gasteiger partial charge in [-0.15, -0.1) is 9.24 Å². The van der Waals surface area contributed by atoms with Crippen molar-refractivity contribution in [3.8, 4) is 5.75 Å². The minimum atomic E-state index is 0.389. The first-order chi connectivity index (χ1) is 5.11. The van der Waals surface area contributed by atoms with Crippen molar-refractivity contribution in [3.63, 3.8) is 0 Å². The molecular formula is C9H13OP. The van der Waals surface area contributed by atoms with Crippen LogP contribution in [-0.2, 0) is 0 Å². The molecule has 0 aliphatic rings. The molecule has 0 saturated carbocycles. The summed E-state index contributed by atoms with van der Waals surface area (Å²) in [7, 11) is 2.56. The van der Waals surface area contributed by atoms with Crippen LogP contribution in [0.15, 0.2) is 18.2 Å². The van der Waals surface area contributed by atoms with E-state index in [1.807, 2.05) is 12.1 Å². The summed E-state index contributed by atoms with van der Waals surface area (Å²) in [5.74, 6) is 0.785. The molecule has 0 heterocycles. The highest BCUT2D eigenvalue weighted by Crippen LogP contribution is 2.23. The van der Waals surface area contributed by atoms with E-state index < -0.39 is 0 Å². The summed E-state index contributed by atoms with van der Waals surface area (Å²) in [6.45, 7) is 4.13. The number of hydrogen-bond donors (Lipinski definition) is 1. The number of phenolic OH excluding ortho intramolecular Hbond substituents is 1. The van der Waals surface area contributed by atoms with Gasteiger partial charge in [-0.2, -0.15) is 0 Å². The highest BCUT2D eigenvalue weighted by molar-refractivity contribution is 7.27. The Morgan fingerprint density at radius 3 is 2.45 bits per heavy atom. The zero-order valence-electron chi connectivity index (χ0n) is 6.83. The van der Waals surface area contributed by atoms with Crippen molar-refractivity contribution in [1.82, 2.24) is 0 Å². The van der Waals surface area contributed by atoms with E-state index in [2.05, 4.69) is 23.1 Å². The SMILES string of the molecule is CC(C)c1ccc(P)cc1O. The number of benzene rings is 1. The molecule has 60 valence electrons. The quantitative estimate of drug-likeness (QED) is 0.636. The molecule has 1 rings (SSSR count). The predicted molar refractivity (Wildman–Crippen MR) is 51.5 cm³/mol. The van der Waals surface area contributed by atoms with E-state index in [1.54, 1.807) is 6.07 Å². The zero-order chi connectivity index (χ0) is 8.43. The number of phenols is 1. The third-order valence-electron chi connectivity index (χ3n) is 1.68. The van der Waals surface area contributed by atoms with Crippen LogP contribution in [-0.4, -0.2) is 5.11 Å². The van der Waals surface area contributed by atoms with Crippen molar-refractivity contribution in [2.24, 2.45) is 0 Å². The Labute approximate surface area is 69.7 Å². The summed E-state index contributed by atoms with van der Waals surface area (Å²) in [5.41, 5.74) is 1.01. The molecular weight excluding hydrogens is 155 g/mol. The molecule has 0 bridgehead atoms. The van der Waals surface area contributed by atoms with Crippen molar-refractivity contribution in [2.75, 3.05) is 0 Å². The van der Waals surface area contributed by atoms with Gasteiger partial charge in [0.25, 0.3) is 0 Å². The third kappa shape index (κ3) is 1.94. The Bertz CT molecular complexity index is 256. The lowest BCUT2D eigenvalue weighted by Gasteiger charge is -2.07. The molecule has 1 N–H and O–H groups in total. The van der Waals surface area contributed by atoms with Gasteiger partial charge in [0.1, 0.15) is 5.75 Å².